The average Bonchev–Trinajstić information content (AvgIpc) is 2.97. The summed E-state index contributed by atoms with van der Waals surface area (Å²) >= 11 is 0. The number of hydrogen-bond acceptors (Lipinski definition) is 5. The lowest BCUT2D eigenvalue weighted by molar-refractivity contribution is -0.144. The number of rotatable bonds is 3. The summed E-state index contributed by atoms with van der Waals surface area (Å²) in [5, 5.41) is 13.1. The molecule has 0 spiro atoms. The van der Waals surface area contributed by atoms with Gasteiger partial charge in [0.2, 0.25) is 0 Å². The number of esters is 1. The summed E-state index contributed by atoms with van der Waals surface area (Å²) in [5.74, 6) is -0.273. The van der Waals surface area contributed by atoms with Crippen LogP contribution in [-0.4, -0.2) is 28.1 Å². The second-order valence-electron chi connectivity index (χ2n) is 4.50. The number of hydrogen-bond donors (Lipinski definition) is 0. The Labute approximate surface area is 103 Å². The summed E-state index contributed by atoms with van der Waals surface area (Å²) in [6.07, 6.45) is 0.811. The molecule has 0 bridgehead atoms. The highest BCUT2D eigenvalue weighted by Crippen LogP contribution is 2.56. The second-order valence-corrected chi connectivity index (χ2v) is 4.50. The van der Waals surface area contributed by atoms with E-state index in [-0.39, 0.29) is 36.5 Å². The van der Waals surface area contributed by atoms with Gasteiger partial charge in [-0.15, -0.1) is 0 Å². The lowest BCUT2D eigenvalue weighted by Crippen LogP contribution is -2.18. The van der Waals surface area contributed by atoms with Gasteiger partial charge in [0.05, 0.1) is 6.61 Å². The van der Waals surface area contributed by atoms with Gasteiger partial charge < -0.3 is 4.74 Å². The molecule has 0 amide bonds. The number of carbonyl (C=O) groups is 2. The summed E-state index contributed by atoms with van der Waals surface area (Å²) < 4.78 is 6.15. The fourth-order valence-electron chi connectivity index (χ4n) is 2.59. The molecule has 1 unspecified atom stereocenters. The van der Waals surface area contributed by atoms with E-state index in [1.807, 2.05) is 6.07 Å². The van der Waals surface area contributed by atoms with Gasteiger partial charge in [-0.2, -0.15) is 10.4 Å². The van der Waals surface area contributed by atoms with Gasteiger partial charge in [-0.25, -0.2) is 4.68 Å². The van der Waals surface area contributed by atoms with Crippen LogP contribution in [0, 0.1) is 17.2 Å². The maximum absolute atomic E-state index is 12.0. The molecule has 0 aliphatic heterocycles. The van der Waals surface area contributed by atoms with Crippen LogP contribution in [0.25, 0.3) is 0 Å². The van der Waals surface area contributed by atoms with E-state index < -0.39 is 5.97 Å². The van der Waals surface area contributed by atoms with Crippen LogP contribution >= 0.6 is 0 Å². The number of nitriles is 1. The third kappa shape index (κ3) is 1.37. The molecule has 18 heavy (non-hydrogen) atoms. The van der Waals surface area contributed by atoms with E-state index in [1.165, 1.54) is 4.68 Å². The highest BCUT2D eigenvalue weighted by atomic mass is 16.5. The van der Waals surface area contributed by atoms with Gasteiger partial charge in [0, 0.05) is 11.5 Å². The second kappa shape index (κ2) is 3.67. The molecule has 0 radical (unpaired) electrons. The van der Waals surface area contributed by atoms with Crippen LogP contribution in [0.15, 0.2) is 0 Å². The third-order valence-electron chi connectivity index (χ3n) is 3.41. The Morgan fingerprint density at radius 2 is 2.39 bits per heavy atom. The van der Waals surface area contributed by atoms with Gasteiger partial charge in [-0.1, -0.05) is 0 Å². The van der Waals surface area contributed by atoms with Crippen LogP contribution in [0.5, 0.6) is 0 Å². The molecule has 2 aliphatic rings. The van der Waals surface area contributed by atoms with Gasteiger partial charge in [0.1, 0.15) is 18.3 Å². The summed E-state index contributed by atoms with van der Waals surface area (Å²) in [7, 11) is 0. The predicted octanol–water partition coefficient (Wildman–Crippen LogP) is 0.618. The Balaban J connectivity index is 1.98. The Morgan fingerprint density at radius 1 is 1.61 bits per heavy atom. The van der Waals surface area contributed by atoms with Crippen molar-refractivity contribution < 1.29 is 14.3 Å². The number of ether oxygens (including phenoxy) is 1. The molecule has 2 aliphatic carbocycles. The van der Waals surface area contributed by atoms with Crippen LogP contribution < -0.4 is 0 Å². The summed E-state index contributed by atoms with van der Waals surface area (Å²) in [6.45, 7) is 1.89. The Morgan fingerprint density at radius 3 is 3.06 bits per heavy atom. The minimum Gasteiger partial charge on any atom is -0.465 e. The van der Waals surface area contributed by atoms with Crippen molar-refractivity contribution in [3.63, 3.8) is 0 Å². The molecule has 6 nitrogen and oxygen atoms in total. The molecule has 1 aromatic heterocycles. The number of nitrogens with zero attached hydrogens (tertiary/aromatic N) is 3. The summed E-state index contributed by atoms with van der Waals surface area (Å²) in [4.78, 5) is 23.4. The largest absolute Gasteiger partial charge is 0.465 e. The molecule has 1 saturated carbocycles. The van der Waals surface area contributed by atoms with Crippen LogP contribution in [0.2, 0.25) is 0 Å². The topological polar surface area (TPSA) is 85.0 Å². The van der Waals surface area contributed by atoms with E-state index in [0.717, 1.165) is 12.0 Å². The number of carbonyl (C=O) groups excluding carboxylic acids is 2. The van der Waals surface area contributed by atoms with Crippen molar-refractivity contribution in [1.29, 1.82) is 5.26 Å². The quantitative estimate of drug-likeness (QED) is 0.728. The van der Waals surface area contributed by atoms with E-state index in [9.17, 15) is 9.59 Å². The lowest BCUT2D eigenvalue weighted by atomic mass is 10.1. The molecule has 92 valence electrons. The fourth-order valence-corrected chi connectivity index (χ4v) is 2.59. The Kier molecular flexibility index (Phi) is 2.23. The highest BCUT2D eigenvalue weighted by Gasteiger charge is 2.55. The van der Waals surface area contributed by atoms with E-state index in [1.54, 1.807) is 6.92 Å². The molecule has 0 saturated heterocycles. The third-order valence-corrected chi connectivity index (χ3v) is 3.41. The van der Waals surface area contributed by atoms with Crippen molar-refractivity contribution in [2.75, 3.05) is 6.61 Å². The molecular formula is C12H11N3O3. The van der Waals surface area contributed by atoms with Crippen molar-refractivity contribution in [2.24, 2.45) is 5.92 Å². The van der Waals surface area contributed by atoms with Gasteiger partial charge in [0.15, 0.2) is 11.5 Å². The number of ketones is 1. The van der Waals surface area contributed by atoms with Crippen LogP contribution in [-0.2, 0) is 16.1 Å². The maximum Gasteiger partial charge on any atom is 0.327 e. The molecule has 0 aromatic carbocycles. The predicted molar refractivity (Wildman–Crippen MR) is 58.8 cm³/mol. The molecule has 1 aromatic rings. The minimum atomic E-state index is -0.444. The molecule has 0 N–H and O–H groups in total. The van der Waals surface area contributed by atoms with E-state index >= 15 is 0 Å². The van der Waals surface area contributed by atoms with Crippen molar-refractivity contribution in [3.8, 4) is 6.07 Å². The van der Waals surface area contributed by atoms with Gasteiger partial charge in [-0.05, 0) is 19.3 Å². The number of fused-ring (bicyclic) bond motifs is 3. The summed E-state index contributed by atoms with van der Waals surface area (Å²) in [6, 6.07) is 1.99. The molecular weight excluding hydrogens is 234 g/mol. The first kappa shape index (κ1) is 11.0. The smallest absolute Gasteiger partial charge is 0.327 e. The zero-order chi connectivity index (χ0) is 12.9. The summed E-state index contributed by atoms with van der Waals surface area (Å²) in [5.41, 5.74) is 1.44. The zero-order valence-corrected chi connectivity index (χ0v) is 9.84. The fraction of sp³-hybridized carbons (Fsp3) is 0.500. The normalized spacial score (nSPS) is 23.2. The molecule has 3 rings (SSSR count). The van der Waals surface area contributed by atoms with E-state index in [4.69, 9.17) is 10.00 Å². The lowest BCUT2D eigenvalue weighted by Gasteiger charge is -2.04. The van der Waals surface area contributed by atoms with E-state index in [2.05, 4.69) is 5.10 Å². The molecule has 1 fully saturated rings. The minimum absolute atomic E-state index is 0.00768. The maximum atomic E-state index is 12.0. The number of Topliss-reactive ketones (excluding diaryl/α,β-unsaturated/α-hetero) is 1. The monoisotopic (exact) mass is 245 g/mol. The SMILES string of the molecule is CCOC(=O)Cn1nc(C#N)c2c1C(=O)C1C[C@H]21. The molecule has 6 heteroatoms. The van der Waals surface area contributed by atoms with Crippen molar-refractivity contribution in [3.05, 3.63) is 17.0 Å². The van der Waals surface area contributed by atoms with Crippen LogP contribution in [0.4, 0.5) is 0 Å². The van der Waals surface area contributed by atoms with Gasteiger partial charge in [-0.3, -0.25) is 9.59 Å². The first-order valence-electron chi connectivity index (χ1n) is 5.88. The Bertz CT molecular complexity index is 596. The average molecular weight is 245 g/mol. The molecule has 2 atom stereocenters. The first-order valence-corrected chi connectivity index (χ1v) is 5.88. The first-order chi connectivity index (χ1) is 8.67. The van der Waals surface area contributed by atoms with Gasteiger partial charge >= 0.3 is 5.97 Å². The Hall–Kier alpha value is -2.16. The van der Waals surface area contributed by atoms with Gasteiger partial charge in [0.25, 0.3) is 0 Å². The number of aromatic nitrogens is 2. The zero-order valence-electron chi connectivity index (χ0n) is 9.84. The molecule has 1 heterocycles. The van der Waals surface area contributed by atoms with Crippen molar-refractivity contribution >= 4 is 11.8 Å². The van der Waals surface area contributed by atoms with E-state index in [0.29, 0.717) is 5.69 Å². The highest BCUT2D eigenvalue weighted by molar-refractivity contribution is 6.05. The van der Waals surface area contributed by atoms with Crippen LogP contribution in [0.1, 0.15) is 41.0 Å². The van der Waals surface area contributed by atoms with Crippen molar-refractivity contribution in [1.82, 2.24) is 9.78 Å². The van der Waals surface area contributed by atoms with Crippen LogP contribution in [0.3, 0.4) is 0 Å². The standard InChI is InChI=1S/C12H11N3O3/c1-2-18-9(16)5-15-11-10(8(4-13)14-15)6-3-7(6)12(11)17/h6-7H,2-3,5H2,1H3/t6-,7?/m0/s1. The van der Waals surface area contributed by atoms with Crippen molar-refractivity contribution in [2.45, 2.75) is 25.8 Å².